The molecule has 240 valence electrons. The minimum Gasteiger partial charge on any atom is -0.444 e. The summed E-state index contributed by atoms with van der Waals surface area (Å²) in [6.45, 7) is 13.5. The van der Waals surface area contributed by atoms with Gasteiger partial charge < -0.3 is 19.5 Å². The first-order chi connectivity index (χ1) is 20.7. The third-order valence-electron chi connectivity index (χ3n) is 8.19. The Morgan fingerprint density at radius 1 is 1.18 bits per heavy atom. The van der Waals surface area contributed by atoms with Gasteiger partial charge in [-0.2, -0.15) is 0 Å². The molecule has 1 aliphatic carbocycles. The number of aliphatic imine (C=N–C) groups is 1. The summed E-state index contributed by atoms with van der Waals surface area (Å²) in [6.07, 6.45) is 18.2. The second-order valence-corrected chi connectivity index (χ2v) is 15.0. The number of halogens is 2. The molecule has 0 aromatic carbocycles. The number of aromatic nitrogens is 2. The van der Waals surface area contributed by atoms with Gasteiger partial charge in [0.15, 0.2) is 0 Å². The lowest BCUT2D eigenvalue weighted by atomic mass is 9.93. The van der Waals surface area contributed by atoms with E-state index in [1.165, 1.54) is 11.1 Å². The Morgan fingerprint density at radius 2 is 1.95 bits per heavy atom. The highest BCUT2D eigenvalue weighted by Crippen LogP contribution is 2.33. The number of carbonyl (C=O) groups is 2. The Bertz CT molecular complexity index is 1340. The molecule has 9 nitrogen and oxygen atoms in total. The van der Waals surface area contributed by atoms with Crippen molar-refractivity contribution >= 4 is 45.7 Å². The molecule has 3 heterocycles. The molecule has 1 saturated heterocycles. The van der Waals surface area contributed by atoms with E-state index < -0.39 is 17.7 Å². The van der Waals surface area contributed by atoms with Gasteiger partial charge in [-0.15, -0.1) is 0 Å². The van der Waals surface area contributed by atoms with Gasteiger partial charge in [-0.05, 0) is 85.0 Å². The largest absolute Gasteiger partial charge is 0.444 e. The number of nitrogens with one attached hydrogen (secondary N) is 1. The average molecular weight is 690 g/mol. The summed E-state index contributed by atoms with van der Waals surface area (Å²) < 4.78 is 7.75. The van der Waals surface area contributed by atoms with Gasteiger partial charge in [0, 0.05) is 55.4 Å². The predicted molar refractivity (Wildman–Crippen MR) is 180 cm³/mol. The molecule has 0 spiro atoms. The first-order valence-corrected chi connectivity index (χ1v) is 16.6. The van der Waals surface area contributed by atoms with Crippen LogP contribution in [0.25, 0.3) is 0 Å². The van der Waals surface area contributed by atoms with E-state index in [9.17, 15) is 9.59 Å². The van der Waals surface area contributed by atoms with Crippen LogP contribution < -0.4 is 5.32 Å². The molecule has 2 unspecified atom stereocenters. The van der Waals surface area contributed by atoms with Crippen molar-refractivity contribution in [1.29, 1.82) is 0 Å². The molecular formula is C33H46BrClN6O3. The maximum Gasteiger partial charge on any atom is 0.410 e. The minimum atomic E-state index is -0.636. The third-order valence-corrected chi connectivity index (χ3v) is 8.98. The maximum absolute atomic E-state index is 14.0. The Morgan fingerprint density at radius 3 is 2.66 bits per heavy atom. The molecule has 3 atom stereocenters. The van der Waals surface area contributed by atoms with Crippen molar-refractivity contribution in [3.63, 3.8) is 0 Å². The number of carbonyl (C=O) groups excluding carboxylic acids is 2. The van der Waals surface area contributed by atoms with E-state index in [1.807, 2.05) is 56.0 Å². The van der Waals surface area contributed by atoms with Gasteiger partial charge in [0.05, 0.1) is 22.9 Å². The van der Waals surface area contributed by atoms with Crippen molar-refractivity contribution in [2.24, 2.45) is 4.99 Å². The molecule has 1 fully saturated rings. The molecule has 0 radical (unpaired) electrons. The van der Waals surface area contributed by atoms with E-state index >= 15 is 0 Å². The fourth-order valence-corrected chi connectivity index (χ4v) is 6.46. The van der Waals surface area contributed by atoms with Crippen molar-refractivity contribution in [2.75, 3.05) is 26.2 Å². The zero-order valence-corrected chi connectivity index (χ0v) is 29.1. The average Bonchev–Trinajstić information content (AvgIpc) is 3.49. The van der Waals surface area contributed by atoms with Crippen LogP contribution in [0.5, 0.6) is 0 Å². The van der Waals surface area contributed by atoms with Crippen LogP contribution in [0.4, 0.5) is 4.79 Å². The summed E-state index contributed by atoms with van der Waals surface area (Å²) in [5, 5.41) is 3.84. The zero-order valence-electron chi connectivity index (χ0n) is 26.7. The molecule has 2 amide bonds. The highest BCUT2D eigenvalue weighted by molar-refractivity contribution is 9.10. The van der Waals surface area contributed by atoms with Crippen LogP contribution in [0.2, 0.25) is 0 Å². The lowest BCUT2D eigenvalue weighted by Gasteiger charge is -2.44. The van der Waals surface area contributed by atoms with Gasteiger partial charge in [0.1, 0.15) is 11.6 Å². The van der Waals surface area contributed by atoms with Crippen LogP contribution in [0.1, 0.15) is 67.2 Å². The fraction of sp³-hybridized carbons (Fsp3) is 0.576. The number of allylic oxidation sites excluding steroid dienone is 6. The smallest absolute Gasteiger partial charge is 0.410 e. The van der Waals surface area contributed by atoms with Crippen LogP contribution in [0.3, 0.4) is 0 Å². The predicted octanol–water partition coefficient (Wildman–Crippen LogP) is 6.33. The van der Waals surface area contributed by atoms with E-state index in [-0.39, 0.29) is 28.9 Å². The summed E-state index contributed by atoms with van der Waals surface area (Å²) in [6, 6.07) is -0.892. The van der Waals surface area contributed by atoms with Crippen LogP contribution in [0, 0.1) is 0 Å². The topological polar surface area (TPSA) is 92.1 Å². The van der Waals surface area contributed by atoms with Gasteiger partial charge in [-0.1, -0.05) is 45.3 Å². The summed E-state index contributed by atoms with van der Waals surface area (Å²) in [5.41, 5.74) is 2.55. The summed E-state index contributed by atoms with van der Waals surface area (Å²) in [4.78, 5) is 40.3. The van der Waals surface area contributed by atoms with Gasteiger partial charge in [-0.25, -0.2) is 9.78 Å². The number of hydrogen-bond donors (Lipinski definition) is 1. The number of piperazine rings is 1. The summed E-state index contributed by atoms with van der Waals surface area (Å²) in [5.74, 6) is -0.131. The number of ether oxygens (including phenoxy) is 1. The molecule has 11 heteroatoms. The van der Waals surface area contributed by atoms with Gasteiger partial charge in [0.25, 0.3) is 0 Å². The molecular weight excluding hydrogens is 644 g/mol. The quantitative estimate of drug-likeness (QED) is 0.353. The lowest BCUT2D eigenvalue weighted by molar-refractivity contribution is -0.129. The maximum atomic E-state index is 14.0. The highest BCUT2D eigenvalue weighted by atomic mass is 79.9. The number of alkyl halides is 1. The van der Waals surface area contributed by atoms with Crippen LogP contribution in [0.15, 0.2) is 69.9 Å². The first kappa shape index (κ1) is 34.2. The van der Waals surface area contributed by atoms with Crippen molar-refractivity contribution in [1.82, 2.24) is 24.7 Å². The summed E-state index contributed by atoms with van der Waals surface area (Å²) in [7, 11) is 0. The Kier molecular flexibility index (Phi) is 11.3. The monoisotopic (exact) mass is 688 g/mol. The van der Waals surface area contributed by atoms with E-state index in [4.69, 9.17) is 21.3 Å². The SMILES string of the molecule is C\C1=C/C(Cl)=C\C=C\C(N2CCN(C(=O)OC(C)(C)C)C[C@@H]2C(=O)NCCC(C)(C)n2ccnc2)C2=C(CC1)CC(Br)C=N2. The van der Waals surface area contributed by atoms with E-state index in [0.717, 1.165) is 25.0 Å². The van der Waals surface area contributed by atoms with Crippen molar-refractivity contribution in [3.05, 3.63) is 64.9 Å². The Balaban J connectivity index is 1.64. The number of hydrogen-bond acceptors (Lipinski definition) is 6. The molecule has 2 aliphatic heterocycles. The Hall–Kier alpha value is -2.69. The third kappa shape index (κ3) is 9.17. The molecule has 1 N–H and O–H groups in total. The molecule has 0 saturated carbocycles. The number of amides is 2. The molecule has 44 heavy (non-hydrogen) atoms. The number of nitrogens with zero attached hydrogens (tertiary/aromatic N) is 5. The minimum absolute atomic E-state index is 0.131. The van der Waals surface area contributed by atoms with Gasteiger partial charge in [-0.3, -0.25) is 14.7 Å². The normalized spacial score (nSPS) is 26.9. The van der Waals surface area contributed by atoms with Gasteiger partial charge in [0.2, 0.25) is 5.91 Å². The molecule has 1 aromatic rings. The fourth-order valence-electron chi connectivity index (χ4n) is 5.69. The van der Waals surface area contributed by atoms with E-state index in [0.29, 0.717) is 31.1 Å². The van der Waals surface area contributed by atoms with Crippen molar-refractivity contribution in [3.8, 4) is 0 Å². The number of rotatable bonds is 6. The molecule has 4 rings (SSSR count). The summed E-state index contributed by atoms with van der Waals surface area (Å²) >= 11 is 10.3. The van der Waals surface area contributed by atoms with Crippen LogP contribution in [-0.2, 0) is 15.1 Å². The molecule has 1 aromatic heterocycles. The van der Waals surface area contributed by atoms with Crippen LogP contribution in [-0.4, -0.2) is 86.3 Å². The first-order valence-electron chi connectivity index (χ1n) is 15.3. The highest BCUT2D eigenvalue weighted by Gasteiger charge is 2.40. The van der Waals surface area contributed by atoms with Gasteiger partial charge >= 0.3 is 6.09 Å². The number of imidazole rings is 1. The zero-order chi connectivity index (χ0) is 32.1. The van der Waals surface area contributed by atoms with Crippen molar-refractivity contribution < 1.29 is 14.3 Å². The van der Waals surface area contributed by atoms with E-state index in [1.54, 1.807) is 17.4 Å². The lowest BCUT2D eigenvalue weighted by Crippen LogP contribution is -2.63. The van der Waals surface area contributed by atoms with Crippen LogP contribution >= 0.6 is 27.5 Å². The second kappa shape index (κ2) is 14.6. The Labute approximate surface area is 275 Å². The second-order valence-electron chi connectivity index (χ2n) is 13.4. The van der Waals surface area contributed by atoms with E-state index in [2.05, 4.69) is 58.0 Å². The standard InChI is InChI=1S/C33H46BrClN6O3/c1-23-10-11-24-19-25(34)20-38-29(24)27(9-7-8-26(35)18-23)41-17-16-39(31(43)44-32(2,3)4)21-28(41)30(42)37-13-12-33(5,6)40-15-14-36-22-40/h7-9,14-15,18,20,22,25,27-28H,10-13,16-17,19,21H2,1-6H3,(H,37,42)/b9-7+,23-18+,26-8+/t25?,27?,28-/m1/s1. The molecule has 3 aliphatic rings. The molecule has 0 bridgehead atoms. The van der Waals surface area contributed by atoms with Crippen molar-refractivity contribution in [2.45, 2.75) is 95.3 Å².